The Labute approximate surface area is 76.5 Å². The summed E-state index contributed by atoms with van der Waals surface area (Å²) >= 11 is 0. The SMILES string of the molecule is C=CC1(O)Cc2ccccc2C1=O. The quantitative estimate of drug-likeness (QED) is 0.652. The first-order chi connectivity index (χ1) is 6.17. The fraction of sp³-hybridized carbons (Fsp3) is 0.182. The molecule has 0 fully saturated rings. The molecule has 2 nitrogen and oxygen atoms in total. The van der Waals surface area contributed by atoms with E-state index in [1.54, 1.807) is 12.1 Å². The van der Waals surface area contributed by atoms with Crippen LogP contribution in [0.1, 0.15) is 15.9 Å². The van der Waals surface area contributed by atoms with Crippen molar-refractivity contribution in [1.29, 1.82) is 0 Å². The maximum atomic E-state index is 11.6. The number of hydrogen-bond acceptors (Lipinski definition) is 2. The first-order valence-electron chi connectivity index (χ1n) is 4.16. The van der Waals surface area contributed by atoms with Crippen molar-refractivity contribution in [2.24, 2.45) is 0 Å². The number of ketones is 1. The highest BCUT2D eigenvalue weighted by Crippen LogP contribution is 2.30. The van der Waals surface area contributed by atoms with E-state index in [1.807, 2.05) is 12.1 Å². The lowest BCUT2D eigenvalue weighted by molar-refractivity contribution is 0.0577. The van der Waals surface area contributed by atoms with Gasteiger partial charge in [0.2, 0.25) is 0 Å². The molecular formula is C11H10O2. The van der Waals surface area contributed by atoms with E-state index in [4.69, 9.17) is 0 Å². The Balaban J connectivity index is 2.55. The molecular weight excluding hydrogens is 164 g/mol. The average Bonchev–Trinajstić information content (AvgIpc) is 2.41. The summed E-state index contributed by atoms with van der Waals surface area (Å²) < 4.78 is 0. The minimum absolute atomic E-state index is 0.238. The maximum absolute atomic E-state index is 11.6. The van der Waals surface area contributed by atoms with Crippen molar-refractivity contribution < 1.29 is 9.90 Å². The standard InChI is InChI=1S/C11H10O2/c1-2-11(13)7-8-5-3-4-6-9(8)10(11)12/h2-6,13H,1,7H2. The van der Waals surface area contributed by atoms with Gasteiger partial charge in [0.25, 0.3) is 0 Å². The zero-order chi connectivity index (χ0) is 9.47. The van der Waals surface area contributed by atoms with Crippen LogP contribution in [0.2, 0.25) is 0 Å². The summed E-state index contributed by atoms with van der Waals surface area (Å²) in [4.78, 5) is 11.6. The molecule has 0 aromatic heterocycles. The fourth-order valence-corrected chi connectivity index (χ4v) is 1.66. The van der Waals surface area contributed by atoms with Crippen LogP contribution in [0.3, 0.4) is 0 Å². The molecule has 0 bridgehead atoms. The first kappa shape index (κ1) is 8.20. The number of carbonyl (C=O) groups excluding carboxylic acids is 1. The van der Waals surface area contributed by atoms with Crippen LogP contribution in [0.15, 0.2) is 36.9 Å². The molecule has 1 aliphatic rings. The summed E-state index contributed by atoms with van der Waals surface area (Å²) in [7, 11) is 0. The second-order valence-corrected chi connectivity index (χ2v) is 3.29. The highest BCUT2D eigenvalue weighted by Gasteiger charge is 2.40. The molecule has 1 aromatic carbocycles. The summed E-state index contributed by atoms with van der Waals surface area (Å²) in [5.74, 6) is -0.238. The Bertz CT molecular complexity index is 381. The predicted octanol–water partition coefficient (Wildman–Crippen LogP) is 1.34. The van der Waals surface area contributed by atoms with E-state index >= 15 is 0 Å². The monoisotopic (exact) mass is 174 g/mol. The van der Waals surface area contributed by atoms with Crippen LogP contribution in [-0.2, 0) is 6.42 Å². The van der Waals surface area contributed by atoms with Gasteiger partial charge in [0, 0.05) is 12.0 Å². The Morgan fingerprint density at radius 3 is 2.77 bits per heavy atom. The van der Waals surface area contributed by atoms with Gasteiger partial charge in [-0.1, -0.05) is 36.9 Å². The second kappa shape index (κ2) is 2.54. The van der Waals surface area contributed by atoms with Crippen molar-refractivity contribution in [2.75, 3.05) is 0 Å². The summed E-state index contributed by atoms with van der Waals surface area (Å²) in [5.41, 5.74) is 0.142. The van der Waals surface area contributed by atoms with Crippen LogP contribution >= 0.6 is 0 Å². The van der Waals surface area contributed by atoms with E-state index in [0.29, 0.717) is 12.0 Å². The molecule has 66 valence electrons. The predicted molar refractivity (Wildman–Crippen MR) is 49.6 cm³/mol. The topological polar surface area (TPSA) is 37.3 Å². The number of fused-ring (bicyclic) bond motifs is 1. The Morgan fingerprint density at radius 2 is 2.15 bits per heavy atom. The molecule has 2 heteroatoms. The van der Waals surface area contributed by atoms with Crippen molar-refractivity contribution in [3.05, 3.63) is 48.0 Å². The molecule has 0 heterocycles. The van der Waals surface area contributed by atoms with Gasteiger partial charge >= 0.3 is 0 Å². The normalized spacial score (nSPS) is 25.8. The Kier molecular flexibility index (Phi) is 1.60. The van der Waals surface area contributed by atoms with Crippen LogP contribution in [0.5, 0.6) is 0 Å². The van der Waals surface area contributed by atoms with Gasteiger partial charge in [-0.05, 0) is 5.56 Å². The molecule has 1 unspecified atom stereocenters. The third-order valence-electron chi connectivity index (χ3n) is 2.45. The zero-order valence-electron chi connectivity index (χ0n) is 7.16. The Morgan fingerprint density at radius 1 is 1.46 bits per heavy atom. The van der Waals surface area contributed by atoms with Gasteiger partial charge in [0.15, 0.2) is 5.78 Å². The third-order valence-corrected chi connectivity index (χ3v) is 2.45. The molecule has 2 rings (SSSR count). The van der Waals surface area contributed by atoms with Crippen molar-refractivity contribution in [2.45, 2.75) is 12.0 Å². The second-order valence-electron chi connectivity index (χ2n) is 3.29. The molecule has 0 aliphatic heterocycles. The van der Waals surface area contributed by atoms with E-state index < -0.39 is 5.60 Å². The molecule has 1 N–H and O–H groups in total. The smallest absolute Gasteiger partial charge is 0.198 e. The number of Topliss-reactive ketones (excluding diaryl/α,β-unsaturated/α-hetero) is 1. The summed E-state index contributed by atoms with van der Waals surface area (Å²) in [6.45, 7) is 3.48. The summed E-state index contributed by atoms with van der Waals surface area (Å²) in [6, 6.07) is 7.25. The van der Waals surface area contributed by atoms with Gasteiger partial charge in [-0.25, -0.2) is 0 Å². The highest BCUT2D eigenvalue weighted by molar-refractivity contribution is 6.07. The van der Waals surface area contributed by atoms with Crippen LogP contribution in [0, 0.1) is 0 Å². The van der Waals surface area contributed by atoms with Crippen molar-refractivity contribution >= 4 is 5.78 Å². The van der Waals surface area contributed by atoms with E-state index in [1.165, 1.54) is 6.08 Å². The molecule has 0 spiro atoms. The molecule has 1 atom stereocenters. The number of carbonyl (C=O) groups is 1. The molecule has 1 aliphatic carbocycles. The molecule has 13 heavy (non-hydrogen) atoms. The third kappa shape index (κ3) is 1.03. The van der Waals surface area contributed by atoms with E-state index in [9.17, 15) is 9.90 Å². The van der Waals surface area contributed by atoms with Gasteiger partial charge in [0.05, 0.1) is 0 Å². The first-order valence-corrected chi connectivity index (χ1v) is 4.16. The zero-order valence-corrected chi connectivity index (χ0v) is 7.16. The van der Waals surface area contributed by atoms with Gasteiger partial charge in [-0.15, -0.1) is 0 Å². The highest BCUT2D eigenvalue weighted by atomic mass is 16.3. The minimum atomic E-state index is -1.37. The lowest BCUT2D eigenvalue weighted by Gasteiger charge is -2.13. The van der Waals surface area contributed by atoms with Gasteiger partial charge in [-0.3, -0.25) is 4.79 Å². The molecule has 0 saturated heterocycles. The number of benzene rings is 1. The summed E-state index contributed by atoms with van der Waals surface area (Å²) in [5, 5.41) is 9.82. The van der Waals surface area contributed by atoms with Crippen molar-refractivity contribution in [3.8, 4) is 0 Å². The van der Waals surface area contributed by atoms with E-state index in [-0.39, 0.29) is 5.78 Å². The number of aliphatic hydroxyl groups is 1. The average molecular weight is 174 g/mol. The minimum Gasteiger partial charge on any atom is -0.377 e. The van der Waals surface area contributed by atoms with Gasteiger partial charge < -0.3 is 5.11 Å². The number of rotatable bonds is 1. The lowest BCUT2D eigenvalue weighted by Crippen LogP contribution is -2.32. The van der Waals surface area contributed by atoms with Crippen LogP contribution < -0.4 is 0 Å². The van der Waals surface area contributed by atoms with Gasteiger partial charge in [-0.2, -0.15) is 0 Å². The maximum Gasteiger partial charge on any atom is 0.198 e. The van der Waals surface area contributed by atoms with E-state index in [0.717, 1.165) is 5.56 Å². The van der Waals surface area contributed by atoms with Crippen LogP contribution in [0.4, 0.5) is 0 Å². The van der Waals surface area contributed by atoms with Crippen molar-refractivity contribution in [1.82, 2.24) is 0 Å². The molecule has 0 amide bonds. The molecule has 0 saturated carbocycles. The molecule has 1 aromatic rings. The molecule has 0 radical (unpaired) electrons. The van der Waals surface area contributed by atoms with Crippen LogP contribution in [-0.4, -0.2) is 16.5 Å². The number of hydrogen-bond donors (Lipinski definition) is 1. The Hall–Kier alpha value is -1.41. The van der Waals surface area contributed by atoms with E-state index in [2.05, 4.69) is 6.58 Å². The summed E-state index contributed by atoms with van der Waals surface area (Å²) in [6.07, 6.45) is 1.67. The van der Waals surface area contributed by atoms with Crippen LogP contribution in [0.25, 0.3) is 0 Å². The van der Waals surface area contributed by atoms with Crippen molar-refractivity contribution in [3.63, 3.8) is 0 Å². The fourth-order valence-electron chi connectivity index (χ4n) is 1.66. The lowest BCUT2D eigenvalue weighted by atomic mass is 10.00. The largest absolute Gasteiger partial charge is 0.377 e. The van der Waals surface area contributed by atoms with Gasteiger partial charge in [0.1, 0.15) is 5.60 Å².